The van der Waals surface area contributed by atoms with Crippen LogP contribution in [0.5, 0.6) is 0 Å². The van der Waals surface area contributed by atoms with E-state index in [0.29, 0.717) is 18.9 Å². The van der Waals surface area contributed by atoms with Crippen LogP contribution in [0.25, 0.3) is 0 Å². The second-order valence-electron chi connectivity index (χ2n) is 7.15. The predicted molar refractivity (Wildman–Crippen MR) is 122 cm³/mol. The first-order valence-corrected chi connectivity index (χ1v) is 11.4. The van der Waals surface area contributed by atoms with Crippen LogP contribution in [0, 0.1) is 10.1 Å². The van der Waals surface area contributed by atoms with Crippen molar-refractivity contribution in [2.24, 2.45) is 0 Å². The van der Waals surface area contributed by atoms with E-state index in [-0.39, 0.29) is 29.4 Å². The summed E-state index contributed by atoms with van der Waals surface area (Å²) in [5.74, 6) is 0. The monoisotopic (exact) mass is 454 g/mol. The zero-order valence-corrected chi connectivity index (χ0v) is 17.9. The summed E-state index contributed by atoms with van der Waals surface area (Å²) in [6.45, 7) is 1.04. The van der Waals surface area contributed by atoms with Crippen molar-refractivity contribution < 1.29 is 18.1 Å². The smallest absolute Gasteiger partial charge is 0.294 e. The lowest BCUT2D eigenvalue weighted by Gasteiger charge is -2.26. The number of sulfonamides is 1. The van der Waals surface area contributed by atoms with Gasteiger partial charge in [0.05, 0.1) is 23.0 Å². The molecule has 0 aromatic heterocycles. The summed E-state index contributed by atoms with van der Waals surface area (Å²) in [5.41, 5.74) is 2.22. The molecule has 3 aromatic rings. The van der Waals surface area contributed by atoms with E-state index in [9.17, 15) is 18.5 Å². The van der Waals surface area contributed by atoms with Crippen LogP contribution >= 0.6 is 0 Å². The molecular weight excluding hydrogens is 432 g/mol. The quantitative estimate of drug-likeness (QED) is 0.408. The van der Waals surface area contributed by atoms with Crippen molar-refractivity contribution in [1.82, 2.24) is 4.31 Å². The molecule has 0 aliphatic carbocycles. The molecule has 1 fully saturated rings. The highest BCUT2D eigenvalue weighted by atomic mass is 32.2. The van der Waals surface area contributed by atoms with Crippen molar-refractivity contribution >= 4 is 38.5 Å². The Balaban J connectivity index is 1.59. The van der Waals surface area contributed by atoms with Crippen LogP contribution in [-0.4, -0.2) is 43.9 Å². The molecule has 3 aromatic carbocycles. The zero-order chi connectivity index (χ0) is 22.6. The van der Waals surface area contributed by atoms with E-state index in [1.807, 2.05) is 48.5 Å². The molecule has 0 unspecified atom stereocenters. The standard InChI is InChI=1S/C22H22N4O5S/c27-26(28)22-16-20(32(29,30)25-11-13-31-14-12-25)9-10-21(22)24-19-8-4-7-18(15-19)23-17-5-2-1-3-6-17/h1-10,15-16,23-24H,11-14H2. The maximum absolute atomic E-state index is 12.9. The van der Waals surface area contributed by atoms with Gasteiger partial charge in [-0.2, -0.15) is 4.31 Å². The highest BCUT2D eigenvalue weighted by molar-refractivity contribution is 7.89. The molecule has 0 amide bonds. The van der Waals surface area contributed by atoms with E-state index < -0.39 is 14.9 Å². The van der Waals surface area contributed by atoms with E-state index >= 15 is 0 Å². The minimum Gasteiger partial charge on any atom is -0.379 e. The number of anilines is 4. The predicted octanol–water partition coefficient (Wildman–Crippen LogP) is 4.10. The van der Waals surface area contributed by atoms with Crippen molar-refractivity contribution in [2.45, 2.75) is 4.90 Å². The van der Waals surface area contributed by atoms with Crippen LogP contribution in [0.3, 0.4) is 0 Å². The third kappa shape index (κ3) is 4.88. The lowest BCUT2D eigenvalue weighted by Crippen LogP contribution is -2.40. The maximum atomic E-state index is 12.9. The van der Waals surface area contributed by atoms with Gasteiger partial charge in [-0.1, -0.05) is 24.3 Å². The molecule has 2 N–H and O–H groups in total. The molecule has 10 heteroatoms. The van der Waals surface area contributed by atoms with E-state index in [1.165, 1.54) is 16.4 Å². The Labute approximate surface area is 185 Å². The number of nitrogens with one attached hydrogen (secondary N) is 2. The Morgan fingerprint density at radius 3 is 2.19 bits per heavy atom. The van der Waals surface area contributed by atoms with Crippen LogP contribution in [0.1, 0.15) is 0 Å². The van der Waals surface area contributed by atoms with Crippen molar-refractivity contribution in [3.63, 3.8) is 0 Å². The second-order valence-corrected chi connectivity index (χ2v) is 9.09. The molecule has 166 valence electrons. The fourth-order valence-electron chi connectivity index (χ4n) is 3.38. The third-order valence-corrected chi connectivity index (χ3v) is 6.87. The van der Waals surface area contributed by atoms with Gasteiger partial charge in [0, 0.05) is 36.2 Å². The number of para-hydroxylation sites is 1. The molecule has 1 saturated heterocycles. The Morgan fingerprint density at radius 2 is 1.50 bits per heavy atom. The summed E-state index contributed by atoms with van der Waals surface area (Å²) < 4.78 is 32.2. The van der Waals surface area contributed by atoms with E-state index in [2.05, 4.69) is 10.6 Å². The normalized spacial score (nSPS) is 14.6. The van der Waals surface area contributed by atoms with Gasteiger partial charge >= 0.3 is 0 Å². The number of rotatable bonds is 7. The summed E-state index contributed by atoms with van der Waals surface area (Å²) in [6, 6.07) is 20.8. The first kappa shape index (κ1) is 21.8. The molecule has 0 saturated carbocycles. The lowest BCUT2D eigenvalue weighted by atomic mass is 10.2. The number of hydrogen-bond acceptors (Lipinski definition) is 7. The third-order valence-electron chi connectivity index (χ3n) is 4.98. The van der Waals surface area contributed by atoms with Crippen LogP contribution in [0.2, 0.25) is 0 Å². The molecule has 1 heterocycles. The molecule has 4 rings (SSSR count). The van der Waals surface area contributed by atoms with Gasteiger partial charge in [-0.3, -0.25) is 10.1 Å². The lowest BCUT2D eigenvalue weighted by molar-refractivity contribution is -0.384. The average molecular weight is 455 g/mol. The van der Waals surface area contributed by atoms with Crippen LogP contribution in [0.4, 0.5) is 28.4 Å². The summed E-state index contributed by atoms with van der Waals surface area (Å²) in [6.07, 6.45) is 0. The fourth-order valence-corrected chi connectivity index (χ4v) is 4.81. The first-order valence-electron chi connectivity index (χ1n) is 9.99. The highest BCUT2D eigenvalue weighted by Gasteiger charge is 2.29. The number of morpholine rings is 1. The van der Waals surface area contributed by atoms with Crippen LogP contribution < -0.4 is 10.6 Å². The number of nitro groups is 1. The van der Waals surface area contributed by atoms with Crippen molar-refractivity contribution in [2.75, 3.05) is 36.9 Å². The van der Waals surface area contributed by atoms with Crippen LogP contribution in [-0.2, 0) is 14.8 Å². The van der Waals surface area contributed by atoms with Gasteiger partial charge in [0.2, 0.25) is 10.0 Å². The number of hydrogen-bond donors (Lipinski definition) is 2. The number of nitro benzene ring substituents is 1. The van der Waals surface area contributed by atoms with Crippen LogP contribution in [0.15, 0.2) is 77.7 Å². The van der Waals surface area contributed by atoms with Gasteiger partial charge in [0.25, 0.3) is 5.69 Å². The molecule has 9 nitrogen and oxygen atoms in total. The number of ether oxygens (including phenoxy) is 1. The van der Waals surface area contributed by atoms with Gasteiger partial charge in [-0.25, -0.2) is 8.42 Å². The van der Waals surface area contributed by atoms with Gasteiger partial charge in [-0.05, 0) is 42.5 Å². The molecule has 0 spiro atoms. The minimum atomic E-state index is -3.84. The van der Waals surface area contributed by atoms with Gasteiger partial charge in [0.15, 0.2) is 0 Å². The summed E-state index contributed by atoms with van der Waals surface area (Å²) in [7, 11) is -3.84. The Morgan fingerprint density at radius 1 is 0.844 bits per heavy atom. The van der Waals surface area contributed by atoms with Gasteiger partial charge in [-0.15, -0.1) is 0 Å². The Hall–Kier alpha value is -3.47. The van der Waals surface area contributed by atoms with Crippen molar-refractivity contribution in [3.8, 4) is 0 Å². The largest absolute Gasteiger partial charge is 0.379 e. The van der Waals surface area contributed by atoms with E-state index in [1.54, 1.807) is 6.07 Å². The molecule has 1 aliphatic heterocycles. The second kappa shape index (κ2) is 9.35. The van der Waals surface area contributed by atoms with Gasteiger partial charge in [0.1, 0.15) is 5.69 Å². The molecule has 32 heavy (non-hydrogen) atoms. The highest BCUT2D eigenvalue weighted by Crippen LogP contribution is 2.32. The molecule has 1 aliphatic rings. The van der Waals surface area contributed by atoms with E-state index in [0.717, 1.165) is 17.4 Å². The zero-order valence-electron chi connectivity index (χ0n) is 17.1. The fraction of sp³-hybridized carbons (Fsp3) is 0.182. The Bertz CT molecular complexity index is 1210. The van der Waals surface area contributed by atoms with Crippen molar-refractivity contribution in [3.05, 3.63) is 82.9 Å². The molecular formula is C22H22N4O5S. The minimum absolute atomic E-state index is 0.115. The molecule has 0 atom stereocenters. The van der Waals surface area contributed by atoms with E-state index in [4.69, 9.17) is 4.74 Å². The summed E-state index contributed by atoms with van der Waals surface area (Å²) in [5, 5.41) is 18.0. The number of benzene rings is 3. The summed E-state index contributed by atoms with van der Waals surface area (Å²) >= 11 is 0. The maximum Gasteiger partial charge on any atom is 0.294 e. The Kier molecular flexibility index (Phi) is 6.35. The SMILES string of the molecule is O=[N+]([O-])c1cc(S(=O)(=O)N2CCOCC2)ccc1Nc1cccc(Nc2ccccc2)c1. The topological polar surface area (TPSA) is 114 Å². The molecule has 0 bridgehead atoms. The number of nitrogens with zero attached hydrogens (tertiary/aromatic N) is 2. The molecule has 0 radical (unpaired) electrons. The van der Waals surface area contributed by atoms with Gasteiger partial charge < -0.3 is 15.4 Å². The van der Waals surface area contributed by atoms with Crippen molar-refractivity contribution in [1.29, 1.82) is 0 Å². The average Bonchev–Trinajstić information content (AvgIpc) is 2.80. The first-order chi connectivity index (χ1) is 15.4. The summed E-state index contributed by atoms with van der Waals surface area (Å²) in [4.78, 5) is 11.0.